The number of benzene rings is 2. The van der Waals surface area contributed by atoms with Crippen LogP contribution in [0.25, 0.3) is 10.9 Å². The molecule has 6 heteroatoms. The summed E-state index contributed by atoms with van der Waals surface area (Å²) in [5, 5.41) is 8.10. The number of ether oxygens (including phenoxy) is 1. The van der Waals surface area contributed by atoms with E-state index in [2.05, 4.69) is 82.3 Å². The Balaban J connectivity index is 0.00000300. The van der Waals surface area contributed by atoms with Gasteiger partial charge in [0.25, 0.3) is 0 Å². The van der Waals surface area contributed by atoms with Gasteiger partial charge in [-0.1, -0.05) is 49.4 Å². The van der Waals surface area contributed by atoms with Crippen molar-refractivity contribution >= 4 is 40.8 Å². The van der Waals surface area contributed by atoms with Crippen LogP contribution in [0.3, 0.4) is 0 Å². The van der Waals surface area contributed by atoms with Crippen molar-refractivity contribution in [3.05, 3.63) is 71.4 Å². The van der Waals surface area contributed by atoms with Crippen LogP contribution in [-0.2, 0) is 24.3 Å². The third-order valence-electron chi connectivity index (χ3n) is 4.76. The Morgan fingerprint density at radius 1 is 1.00 bits per heavy atom. The normalized spacial score (nSPS) is 11.3. The molecule has 3 N–H and O–H groups in total. The number of halogens is 1. The molecule has 0 fully saturated rings. The van der Waals surface area contributed by atoms with Gasteiger partial charge in [-0.15, -0.1) is 24.0 Å². The minimum absolute atomic E-state index is 0. The van der Waals surface area contributed by atoms with E-state index in [0.29, 0.717) is 6.61 Å². The second-order valence-electron chi connectivity index (χ2n) is 6.78. The second-order valence-corrected chi connectivity index (χ2v) is 6.78. The van der Waals surface area contributed by atoms with Crippen molar-refractivity contribution < 1.29 is 4.74 Å². The summed E-state index contributed by atoms with van der Waals surface area (Å²) in [6.07, 6.45) is 4.06. The van der Waals surface area contributed by atoms with E-state index in [-0.39, 0.29) is 24.0 Å². The number of nitrogens with one attached hydrogen (secondary N) is 3. The van der Waals surface area contributed by atoms with Crippen LogP contribution in [0.2, 0.25) is 0 Å². The van der Waals surface area contributed by atoms with Gasteiger partial charge in [0.15, 0.2) is 5.96 Å². The molecule has 0 unspecified atom stereocenters. The zero-order chi connectivity index (χ0) is 19.6. The van der Waals surface area contributed by atoms with E-state index in [1.165, 1.54) is 27.6 Å². The zero-order valence-corrected chi connectivity index (χ0v) is 19.5. The molecule has 0 amide bonds. The Bertz CT molecular complexity index is 907. The van der Waals surface area contributed by atoms with E-state index >= 15 is 0 Å². The molecule has 0 atom stereocenters. The number of para-hydroxylation sites is 1. The topological polar surface area (TPSA) is 61.4 Å². The molecule has 0 aliphatic carbocycles. The lowest BCUT2D eigenvalue weighted by molar-refractivity contribution is 0.121. The Morgan fingerprint density at radius 2 is 1.76 bits per heavy atom. The van der Waals surface area contributed by atoms with E-state index in [1.54, 1.807) is 7.05 Å². The zero-order valence-electron chi connectivity index (χ0n) is 17.2. The second kappa shape index (κ2) is 12.5. The number of fused-ring (bicyclic) bond motifs is 1. The first kappa shape index (κ1) is 23.2. The summed E-state index contributed by atoms with van der Waals surface area (Å²) in [4.78, 5) is 7.67. The van der Waals surface area contributed by atoms with Gasteiger partial charge in [0, 0.05) is 43.8 Å². The van der Waals surface area contributed by atoms with E-state index in [1.807, 2.05) is 0 Å². The molecule has 0 radical (unpaired) electrons. The summed E-state index contributed by atoms with van der Waals surface area (Å²) < 4.78 is 5.71. The van der Waals surface area contributed by atoms with Gasteiger partial charge in [-0.05, 0) is 35.6 Å². The van der Waals surface area contributed by atoms with Crippen molar-refractivity contribution in [1.29, 1.82) is 0 Å². The van der Waals surface area contributed by atoms with Gasteiger partial charge in [-0.3, -0.25) is 4.99 Å². The number of guanidine groups is 1. The highest BCUT2D eigenvalue weighted by Gasteiger charge is 2.05. The number of aromatic nitrogens is 1. The predicted molar refractivity (Wildman–Crippen MR) is 132 cm³/mol. The maximum absolute atomic E-state index is 5.71. The molecule has 1 aromatic heterocycles. The van der Waals surface area contributed by atoms with Crippen LogP contribution in [0.4, 0.5) is 0 Å². The largest absolute Gasteiger partial charge is 0.377 e. The van der Waals surface area contributed by atoms with Crippen molar-refractivity contribution in [2.75, 3.05) is 20.2 Å². The maximum Gasteiger partial charge on any atom is 0.191 e. The average Bonchev–Trinajstić information content (AvgIpc) is 3.15. The molecule has 0 saturated heterocycles. The number of hydrogen-bond donors (Lipinski definition) is 3. The molecular formula is C23H31IN4O. The molecule has 156 valence electrons. The molecule has 3 rings (SSSR count). The molecule has 29 heavy (non-hydrogen) atoms. The molecular weight excluding hydrogens is 475 g/mol. The van der Waals surface area contributed by atoms with Crippen LogP contribution < -0.4 is 10.6 Å². The highest BCUT2D eigenvalue weighted by molar-refractivity contribution is 14.0. The minimum atomic E-state index is 0. The molecule has 1 heterocycles. The molecule has 0 aliphatic heterocycles. The Morgan fingerprint density at radius 3 is 2.55 bits per heavy atom. The van der Waals surface area contributed by atoms with Gasteiger partial charge in [-0.25, -0.2) is 0 Å². The lowest BCUT2D eigenvalue weighted by Crippen LogP contribution is -2.38. The standard InChI is InChI=1S/C23H30N4O.HI/c1-3-14-28-17-20-9-5-4-8-18(20)15-27-23(24-2)25-13-12-19-16-26-22-11-7-6-10-21(19)22;/h4-11,16,26H,3,12-15,17H2,1-2H3,(H2,24,25,27);1H. The Kier molecular flexibility index (Phi) is 10.0. The molecule has 5 nitrogen and oxygen atoms in total. The highest BCUT2D eigenvalue weighted by Crippen LogP contribution is 2.17. The minimum Gasteiger partial charge on any atom is -0.377 e. The number of aliphatic imine (C=N–C) groups is 1. The van der Waals surface area contributed by atoms with Crippen molar-refractivity contribution in [3.8, 4) is 0 Å². The maximum atomic E-state index is 5.71. The van der Waals surface area contributed by atoms with Crippen LogP contribution in [0, 0.1) is 0 Å². The van der Waals surface area contributed by atoms with Gasteiger partial charge < -0.3 is 20.4 Å². The van der Waals surface area contributed by atoms with Crippen molar-refractivity contribution in [2.24, 2.45) is 4.99 Å². The SMILES string of the molecule is CCCOCc1ccccc1CNC(=NC)NCCc1c[nH]c2ccccc12.I. The lowest BCUT2D eigenvalue weighted by atomic mass is 10.1. The van der Waals surface area contributed by atoms with Crippen LogP contribution in [-0.4, -0.2) is 31.1 Å². The van der Waals surface area contributed by atoms with E-state index < -0.39 is 0 Å². The van der Waals surface area contributed by atoms with Crippen molar-refractivity contribution in [2.45, 2.75) is 32.9 Å². The fraction of sp³-hybridized carbons (Fsp3) is 0.348. The summed E-state index contributed by atoms with van der Waals surface area (Å²) in [6.45, 7) is 5.11. The van der Waals surface area contributed by atoms with E-state index in [4.69, 9.17) is 4.74 Å². The van der Waals surface area contributed by atoms with E-state index in [0.717, 1.165) is 38.5 Å². The number of aromatic amines is 1. The third kappa shape index (κ3) is 6.75. The fourth-order valence-corrected chi connectivity index (χ4v) is 3.25. The first-order valence-corrected chi connectivity index (χ1v) is 9.96. The predicted octanol–water partition coefficient (Wildman–Crippen LogP) is 4.62. The molecule has 0 saturated carbocycles. The monoisotopic (exact) mass is 506 g/mol. The van der Waals surface area contributed by atoms with Crippen LogP contribution in [0.1, 0.15) is 30.0 Å². The summed E-state index contributed by atoms with van der Waals surface area (Å²) in [6, 6.07) is 16.8. The third-order valence-corrected chi connectivity index (χ3v) is 4.76. The molecule has 2 aromatic carbocycles. The Labute approximate surface area is 190 Å². The fourth-order valence-electron chi connectivity index (χ4n) is 3.25. The molecule has 0 aliphatic rings. The summed E-state index contributed by atoms with van der Waals surface area (Å²) in [5.74, 6) is 0.809. The van der Waals surface area contributed by atoms with Gasteiger partial charge in [0.05, 0.1) is 6.61 Å². The van der Waals surface area contributed by atoms with Crippen molar-refractivity contribution in [3.63, 3.8) is 0 Å². The van der Waals surface area contributed by atoms with Crippen LogP contribution in [0.5, 0.6) is 0 Å². The van der Waals surface area contributed by atoms with Gasteiger partial charge in [-0.2, -0.15) is 0 Å². The highest BCUT2D eigenvalue weighted by atomic mass is 127. The number of rotatable bonds is 9. The quantitative estimate of drug-likeness (QED) is 0.172. The average molecular weight is 506 g/mol. The van der Waals surface area contributed by atoms with Gasteiger partial charge >= 0.3 is 0 Å². The molecule has 3 aromatic rings. The summed E-state index contributed by atoms with van der Waals surface area (Å²) in [7, 11) is 1.80. The number of nitrogens with zero attached hydrogens (tertiary/aromatic N) is 1. The molecule has 0 spiro atoms. The smallest absolute Gasteiger partial charge is 0.191 e. The van der Waals surface area contributed by atoms with Crippen LogP contribution in [0.15, 0.2) is 59.7 Å². The number of H-pyrrole nitrogens is 1. The summed E-state index contributed by atoms with van der Waals surface area (Å²) in [5.41, 5.74) is 4.95. The first-order valence-electron chi connectivity index (χ1n) is 9.96. The van der Waals surface area contributed by atoms with Gasteiger partial charge in [0.2, 0.25) is 0 Å². The van der Waals surface area contributed by atoms with Gasteiger partial charge in [0.1, 0.15) is 0 Å². The first-order chi connectivity index (χ1) is 13.8. The van der Waals surface area contributed by atoms with E-state index in [9.17, 15) is 0 Å². The summed E-state index contributed by atoms with van der Waals surface area (Å²) >= 11 is 0. The lowest BCUT2D eigenvalue weighted by Gasteiger charge is -2.14. The Hall–Kier alpha value is -2.06. The molecule has 0 bridgehead atoms. The van der Waals surface area contributed by atoms with Crippen molar-refractivity contribution in [1.82, 2.24) is 15.6 Å². The number of hydrogen-bond acceptors (Lipinski definition) is 2. The van der Waals surface area contributed by atoms with Crippen LogP contribution >= 0.6 is 24.0 Å².